The summed E-state index contributed by atoms with van der Waals surface area (Å²) in [7, 11) is -1.57. The Morgan fingerprint density at radius 1 is 1.35 bits per heavy atom. The van der Waals surface area contributed by atoms with Crippen molar-refractivity contribution in [3.05, 3.63) is 0 Å². The molecule has 5 nitrogen and oxygen atoms in total. The minimum Gasteiger partial charge on any atom is -0.314 e. The van der Waals surface area contributed by atoms with Crippen molar-refractivity contribution in [2.45, 2.75) is 31.7 Å². The molecule has 118 valence electrons. The molecule has 0 amide bonds. The van der Waals surface area contributed by atoms with Crippen molar-refractivity contribution in [2.75, 3.05) is 45.2 Å². The molecule has 1 heterocycles. The zero-order chi connectivity index (χ0) is 14.6. The Balaban J connectivity index is 1.85. The molecule has 1 aliphatic heterocycles. The minimum absolute atomic E-state index is 0.466. The van der Waals surface area contributed by atoms with E-state index in [9.17, 15) is 8.42 Å². The summed E-state index contributed by atoms with van der Waals surface area (Å²) in [6, 6.07) is 0.700. The van der Waals surface area contributed by atoms with Crippen LogP contribution in [0.15, 0.2) is 0 Å². The molecule has 20 heavy (non-hydrogen) atoms. The molecule has 1 unspecified atom stereocenters. The molecule has 0 aromatic carbocycles. The summed E-state index contributed by atoms with van der Waals surface area (Å²) < 4.78 is 28.2. The molecule has 2 fully saturated rings. The van der Waals surface area contributed by atoms with Gasteiger partial charge in [-0.05, 0) is 44.4 Å². The molecule has 7 heteroatoms. The normalized spacial score (nSPS) is 25.2. The van der Waals surface area contributed by atoms with Gasteiger partial charge in [-0.2, -0.15) is 28.8 Å². The van der Waals surface area contributed by atoms with Crippen molar-refractivity contribution in [3.63, 3.8) is 0 Å². The molecule has 1 saturated heterocycles. The highest BCUT2D eigenvalue weighted by atomic mass is 32.2. The van der Waals surface area contributed by atoms with Crippen LogP contribution in [0.25, 0.3) is 0 Å². The number of nitrogens with one attached hydrogen (secondary N) is 1. The molecule has 1 saturated carbocycles. The van der Waals surface area contributed by atoms with Gasteiger partial charge < -0.3 is 5.32 Å². The maximum absolute atomic E-state index is 12.5. The molecule has 1 N–H and O–H groups in total. The summed E-state index contributed by atoms with van der Waals surface area (Å²) in [4.78, 5) is 0. The van der Waals surface area contributed by atoms with Crippen LogP contribution in [0.2, 0.25) is 0 Å². The van der Waals surface area contributed by atoms with E-state index >= 15 is 0 Å². The lowest BCUT2D eigenvalue weighted by Gasteiger charge is -2.34. The Morgan fingerprint density at radius 3 is 2.75 bits per heavy atom. The Bertz CT molecular complexity index is 398. The average molecular weight is 322 g/mol. The number of rotatable bonds is 8. The predicted octanol–water partition coefficient (Wildman–Crippen LogP) is 0.990. The third-order valence-corrected chi connectivity index (χ3v) is 6.63. The van der Waals surface area contributed by atoms with Crippen LogP contribution in [-0.4, -0.2) is 68.3 Å². The van der Waals surface area contributed by atoms with Gasteiger partial charge in [-0.1, -0.05) is 0 Å². The third kappa shape index (κ3) is 4.59. The topological polar surface area (TPSA) is 52.7 Å². The Labute approximate surface area is 127 Å². The lowest BCUT2D eigenvalue weighted by molar-refractivity contribution is 0.247. The van der Waals surface area contributed by atoms with Gasteiger partial charge in [0, 0.05) is 38.5 Å². The first-order valence-electron chi connectivity index (χ1n) is 7.47. The van der Waals surface area contributed by atoms with Crippen LogP contribution in [0.5, 0.6) is 0 Å². The molecule has 0 bridgehead atoms. The van der Waals surface area contributed by atoms with Crippen molar-refractivity contribution in [1.82, 2.24) is 13.9 Å². The lowest BCUT2D eigenvalue weighted by atomic mass is 10.00. The summed E-state index contributed by atoms with van der Waals surface area (Å²) in [6.07, 6.45) is 6.69. The van der Waals surface area contributed by atoms with Gasteiger partial charge in [-0.15, -0.1) is 0 Å². The predicted molar refractivity (Wildman–Crippen MR) is 85.3 cm³/mol. The highest BCUT2D eigenvalue weighted by Crippen LogP contribution is 2.23. The fourth-order valence-electron chi connectivity index (χ4n) is 2.56. The summed E-state index contributed by atoms with van der Waals surface area (Å²) in [5.41, 5.74) is 0. The monoisotopic (exact) mass is 321 g/mol. The highest BCUT2D eigenvalue weighted by Gasteiger charge is 2.32. The smallest absolute Gasteiger partial charge is 0.281 e. The maximum atomic E-state index is 12.5. The lowest BCUT2D eigenvalue weighted by Crippen LogP contribution is -2.48. The second-order valence-corrected chi connectivity index (χ2v) is 8.89. The fourth-order valence-corrected chi connectivity index (χ4v) is 4.60. The van der Waals surface area contributed by atoms with E-state index in [1.54, 1.807) is 23.1 Å². The van der Waals surface area contributed by atoms with E-state index in [0.717, 1.165) is 25.1 Å². The Hall–Kier alpha value is 0.180. The fraction of sp³-hybridized carbons (Fsp3) is 1.00. The first-order chi connectivity index (χ1) is 9.54. The van der Waals surface area contributed by atoms with Gasteiger partial charge in [0.1, 0.15) is 0 Å². The average Bonchev–Trinajstić information content (AvgIpc) is 3.27. The molecule has 0 aromatic heterocycles. The minimum atomic E-state index is -3.26. The third-order valence-electron chi connectivity index (χ3n) is 4.08. The number of piperidine rings is 1. The summed E-state index contributed by atoms with van der Waals surface area (Å²) in [6.45, 7) is 2.90. The molecular weight excluding hydrogens is 294 g/mol. The summed E-state index contributed by atoms with van der Waals surface area (Å²) >= 11 is 1.68. The van der Waals surface area contributed by atoms with Crippen LogP contribution in [0.1, 0.15) is 25.7 Å². The summed E-state index contributed by atoms with van der Waals surface area (Å²) in [5, 5.41) is 3.52. The van der Waals surface area contributed by atoms with Crippen molar-refractivity contribution >= 4 is 22.0 Å². The molecular formula is C13H27N3O2S2. The SMILES string of the molecule is CSCCN(C)S(=O)(=O)N1CCCC(CNC2CC2)C1. The number of thioether (sulfide) groups is 1. The van der Waals surface area contributed by atoms with Crippen LogP contribution in [0, 0.1) is 5.92 Å². The molecule has 0 radical (unpaired) electrons. The van der Waals surface area contributed by atoms with Gasteiger partial charge >= 0.3 is 0 Å². The van der Waals surface area contributed by atoms with Crippen LogP contribution in [0.4, 0.5) is 0 Å². The molecule has 2 rings (SSSR count). The molecule has 0 spiro atoms. The van der Waals surface area contributed by atoms with Crippen molar-refractivity contribution in [3.8, 4) is 0 Å². The molecule has 2 aliphatic rings. The van der Waals surface area contributed by atoms with Gasteiger partial charge in [-0.25, -0.2) is 0 Å². The Kier molecular flexibility index (Phi) is 6.16. The Morgan fingerprint density at radius 2 is 2.10 bits per heavy atom. The second-order valence-electron chi connectivity index (χ2n) is 5.87. The van der Waals surface area contributed by atoms with Crippen LogP contribution >= 0.6 is 11.8 Å². The molecule has 1 aliphatic carbocycles. The summed E-state index contributed by atoms with van der Waals surface area (Å²) in [5.74, 6) is 1.31. The maximum Gasteiger partial charge on any atom is 0.281 e. The van der Waals surface area contributed by atoms with E-state index < -0.39 is 10.2 Å². The number of hydrogen-bond donors (Lipinski definition) is 1. The van der Waals surface area contributed by atoms with E-state index in [1.807, 2.05) is 6.26 Å². The van der Waals surface area contributed by atoms with Crippen LogP contribution in [-0.2, 0) is 10.2 Å². The zero-order valence-corrected chi connectivity index (χ0v) is 14.2. The van der Waals surface area contributed by atoms with Crippen LogP contribution in [0.3, 0.4) is 0 Å². The quantitative estimate of drug-likeness (QED) is 0.724. The van der Waals surface area contributed by atoms with Gasteiger partial charge in [0.05, 0.1) is 0 Å². The van der Waals surface area contributed by atoms with E-state index in [0.29, 0.717) is 31.6 Å². The van der Waals surface area contributed by atoms with Gasteiger partial charge in [0.15, 0.2) is 0 Å². The van der Waals surface area contributed by atoms with Gasteiger partial charge in [0.25, 0.3) is 10.2 Å². The molecule has 1 atom stereocenters. The number of hydrogen-bond acceptors (Lipinski definition) is 4. The highest BCUT2D eigenvalue weighted by molar-refractivity contribution is 7.98. The van der Waals surface area contributed by atoms with Gasteiger partial charge in [-0.3, -0.25) is 0 Å². The zero-order valence-electron chi connectivity index (χ0n) is 12.5. The standard InChI is InChI=1S/C13H27N3O2S2/c1-15(8-9-19-2)20(17,18)16-7-3-4-12(11-16)10-14-13-5-6-13/h12-14H,3-11H2,1-2H3. The molecule has 0 aromatic rings. The largest absolute Gasteiger partial charge is 0.314 e. The van der Waals surface area contributed by atoms with Crippen molar-refractivity contribution in [1.29, 1.82) is 0 Å². The van der Waals surface area contributed by atoms with Gasteiger partial charge in [0.2, 0.25) is 0 Å². The van der Waals surface area contributed by atoms with Crippen molar-refractivity contribution < 1.29 is 8.42 Å². The van der Waals surface area contributed by atoms with Crippen LogP contribution < -0.4 is 5.32 Å². The first kappa shape index (κ1) is 16.5. The second kappa shape index (κ2) is 7.45. The van der Waals surface area contributed by atoms with E-state index in [-0.39, 0.29) is 0 Å². The van der Waals surface area contributed by atoms with E-state index in [2.05, 4.69) is 5.32 Å². The van der Waals surface area contributed by atoms with E-state index in [4.69, 9.17) is 0 Å². The van der Waals surface area contributed by atoms with E-state index in [1.165, 1.54) is 17.1 Å². The van der Waals surface area contributed by atoms with Crippen molar-refractivity contribution in [2.24, 2.45) is 5.92 Å². The first-order valence-corrected chi connectivity index (χ1v) is 10.3. The number of nitrogens with zero attached hydrogens (tertiary/aromatic N) is 2.